The average molecular weight is 348 g/mol. The number of carbonyl (C=O) groups is 1. The first kappa shape index (κ1) is 15.6. The molecule has 2 N–H and O–H groups in total. The zero-order valence-corrected chi connectivity index (χ0v) is 12.5. The van der Waals surface area contributed by atoms with E-state index in [-0.39, 0.29) is 6.54 Å². The van der Waals surface area contributed by atoms with E-state index in [2.05, 4.69) is 21.2 Å². The van der Waals surface area contributed by atoms with E-state index in [1.165, 1.54) is 0 Å². The van der Waals surface area contributed by atoms with Gasteiger partial charge in [0.25, 0.3) is 0 Å². The Morgan fingerprint density at radius 2 is 2.37 bits per heavy atom. The van der Waals surface area contributed by atoms with Crippen LogP contribution in [-0.4, -0.2) is 24.4 Å². The van der Waals surface area contributed by atoms with Crippen LogP contribution in [0.4, 0.5) is 4.79 Å². The van der Waals surface area contributed by atoms with Crippen molar-refractivity contribution in [2.75, 3.05) is 13.2 Å². The number of nitrogens with one attached hydrogen (secondary N) is 1. The molecule has 0 saturated heterocycles. The molecule has 1 amide bonds. The second-order valence-corrected chi connectivity index (χ2v) is 4.76. The lowest BCUT2D eigenvalue weighted by molar-refractivity contribution is 0.194. The molecule has 19 heavy (non-hydrogen) atoms. The highest BCUT2D eigenvalue weighted by atomic mass is 79.9. The van der Waals surface area contributed by atoms with E-state index in [0.717, 1.165) is 5.56 Å². The third kappa shape index (κ3) is 4.01. The molecule has 0 radical (unpaired) electrons. The number of rotatable bonds is 5. The number of carboxylic acid groups (broad SMARTS) is 1. The van der Waals surface area contributed by atoms with E-state index in [4.69, 9.17) is 26.7 Å². The smallest absolute Gasteiger partial charge is 0.404 e. The molecule has 0 atom stereocenters. The van der Waals surface area contributed by atoms with Gasteiger partial charge in [-0.2, -0.15) is 5.26 Å². The second-order valence-electron chi connectivity index (χ2n) is 3.56. The highest BCUT2D eigenvalue weighted by molar-refractivity contribution is 9.10. The molecule has 0 spiro atoms. The van der Waals surface area contributed by atoms with Crippen LogP contribution in [0, 0.1) is 11.3 Å². The first-order valence-electron chi connectivity index (χ1n) is 5.51. The Labute approximate surface area is 124 Å². The molecule has 0 aliphatic rings. The molecule has 0 bridgehead atoms. The predicted octanol–water partition coefficient (Wildman–Crippen LogP) is 3.18. The first-order valence-corrected chi connectivity index (χ1v) is 6.68. The highest BCUT2D eigenvalue weighted by Crippen LogP contribution is 2.37. The minimum atomic E-state index is -1.09. The molecule has 0 aliphatic carbocycles. The largest absolute Gasteiger partial charge is 0.492 e. The van der Waals surface area contributed by atoms with Crippen LogP contribution in [0.3, 0.4) is 0 Å². The molecular weight excluding hydrogens is 336 g/mol. The van der Waals surface area contributed by atoms with Gasteiger partial charge in [0.2, 0.25) is 0 Å². The molecule has 7 heteroatoms. The number of hydrogen-bond acceptors (Lipinski definition) is 3. The van der Waals surface area contributed by atoms with Crippen LogP contribution < -0.4 is 10.1 Å². The predicted molar refractivity (Wildman–Crippen MR) is 74.8 cm³/mol. The summed E-state index contributed by atoms with van der Waals surface area (Å²) in [5, 5.41) is 20.1. The van der Waals surface area contributed by atoms with Crippen LogP contribution in [-0.2, 0) is 6.42 Å². The van der Waals surface area contributed by atoms with E-state index in [0.29, 0.717) is 33.8 Å². The number of halogens is 2. The lowest BCUT2D eigenvalue weighted by atomic mass is 10.1. The van der Waals surface area contributed by atoms with Crippen LogP contribution >= 0.6 is 27.5 Å². The fourth-order valence-corrected chi connectivity index (χ4v) is 2.60. The summed E-state index contributed by atoms with van der Waals surface area (Å²) < 4.78 is 5.99. The summed E-state index contributed by atoms with van der Waals surface area (Å²) in [6.45, 7) is 2.50. The SMILES string of the molecule is CCOc1c(CCNC(=O)O)cc(Cl)c(C#N)c1Br. The summed E-state index contributed by atoms with van der Waals surface area (Å²) in [7, 11) is 0. The van der Waals surface area contributed by atoms with Crippen LogP contribution in [0.25, 0.3) is 0 Å². The number of amides is 1. The summed E-state index contributed by atoms with van der Waals surface area (Å²) in [5.74, 6) is 0.524. The minimum Gasteiger partial charge on any atom is -0.492 e. The van der Waals surface area contributed by atoms with Gasteiger partial charge in [0.05, 0.1) is 21.7 Å². The van der Waals surface area contributed by atoms with Crippen LogP contribution in [0.1, 0.15) is 18.1 Å². The van der Waals surface area contributed by atoms with Crippen molar-refractivity contribution >= 4 is 33.6 Å². The van der Waals surface area contributed by atoms with E-state index in [9.17, 15) is 4.79 Å². The first-order chi connectivity index (χ1) is 9.01. The maximum Gasteiger partial charge on any atom is 0.404 e. The van der Waals surface area contributed by atoms with Crippen molar-refractivity contribution in [3.63, 3.8) is 0 Å². The minimum absolute atomic E-state index is 0.240. The fraction of sp³-hybridized carbons (Fsp3) is 0.333. The number of nitriles is 1. The Morgan fingerprint density at radius 3 is 2.89 bits per heavy atom. The molecule has 0 aromatic heterocycles. The Bertz CT molecular complexity index is 529. The van der Waals surface area contributed by atoms with Gasteiger partial charge in [0.1, 0.15) is 11.8 Å². The molecule has 0 heterocycles. The van der Waals surface area contributed by atoms with Gasteiger partial charge < -0.3 is 15.2 Å². The van der Waals surface area contributed by atoms with Gasteiger partial charge >= 0.3 is 6.09 Å². The third-order valence-corrected chi connectivity index (χ3v) is 3.38. The Balaban J connectivity index is 3.08. The van der Waals surface area contributed by atoms with E-state index in [1.54, 1.807) is 6.07 Å². The molecular formula is C12H12BrClN2O3. The van der Waals surface area contributed by atoms with E-state index >= 15 is 0 Å². The maximum atomic E-state index is 10.4. The van der Waals surface area contributed by atoms with E-state index < -0.39 is 6.09 Å². The summed E-state index contributed by atoms with van der Waals surface area (Å²) in [4.78, 5) is 10.4. The molecule has 0 unspecified atom stereocenters. The van der Waals surface area contributed by atoms with Crippen LogP contribution in [0.5, 0.6) is 5.75 Å². The van der Waals surface area contributed by atoms with Crippen molar-refractivity contribution in [1.29, 1.82) is 5.26 Å². The zero-order chi connectivity index (χ0) is 14.4. The Hall–Kier alpha value is -1.45. The Kier molecular flexibility index (Phi) is 5.93. The zero-order valence-electron chi connectivity index (χ0n) is 10.2. The number of hydrogen-bond donors (Lipinski definition) is 2. The molecule has 102 valence electrons. The van der Waals surface area contributed by atoms with Crippen molar-refractivity contribution in [3.05, 3.63) is 26.7 Å². The number of ether oxygens (including phenoxy) is 1. The van der Waals surface area contributed by atoms with Gasteiger partial charge in [-0.05, 0) is 40.9 Å². The third-order valence-electron chi connectivity index (χ3n) is 2.32. The fourth-order valence-electron chi connectivity index (χ4n) is 1.54. The molecule has 1 rings (SSSR count). The number of nitrogens with zero attached hydrogens (tertiary/aromatic N) is 1. The normalized spacial score (nSPS) is 9.79. The molecule has 1 aromatic carbocycles. The van der Waals surface area contributed by atoms with Crippen molar-refractivity contribution < 1.29 is 14.6 Å². The summed E-state index contributed by atoms with van der Waals surface area (Å²) >= 11 is 9.30. The standard InChI is InChI=1S/C12H12BrClN2O3/c1-2-19-11-7(3-4-16-12(17)18)5-9(14)8(6-15)10(11)13/h5,16H,2-4H2,1H3,(H,17,18). The van der Waals surface area contributed by atoms with Gasteiger partial charge in [-0.1, -0.05) is 11.6 Å². The maximum absolute atomic E-state index is 10.4. The molecule has 5 nitrogen and oxygen atoms in total. The van der Waals surface area contributed by atoms with Gasteiger partial charge in [-0.3, -0.25) is 0 Å². The molecule has 0 fully saturated rings. The van der Waals surface area contributed by atoms with Gasteiger partial charge in [-0.15, -0.1) is 0 Å². The van der Waals surface area contributed by atoms with Crippen molar-refractivity contribution in [1.82, 2.24) is 5.32 Å². The van der Waals surface area contributed by atoms with Gasteiger partial charge in [0.15, 0.2) is 0 Å². The average Bonchev–Trinajstić information content (AvgIpc) is 2.34. The lowest BCUT2D eigenvalue weighted by Gasteiger charge is -2.14. The van der Waals surface area contributed by atoms with Crippen molar-refractivity contribution in [2.24, 2.45) is 0 Å². The van der Waals surface area contributed by atoms with Crippen LogP contribution in [0.15, 0.2) is 10.5 Å². The van der Waals surface area contributed by atoms with Crippen molar-refractivity contribution in [3.8, 4) is 11.8 Å². The van der Waals surface area contributed by atoms with Gasteiger partial charge in [-0.25, -0.2) is 4.79 Å². The molecule has 1 aromatic rings. The van der Waals surface area contributed by atoms with Gasteiger partial charge in [0, 0.05) is 6.54 Å². The Morgan fingerprint density at radius 1 is 1.68 bits per heavy atom. The van der Waals surface area contributed by atoms with E-state index in [1.807, 2.05) is 13.0 Å². The monoisotopic (exact) mass is 346 g/mol. The molecule has 0 saturated carbocycles. The summed E-state index contributed by atoms with van der Waals surface area (Å²) in [6.07, 6.45) is -0.664. The summed E-state index contributed by atoms with van der Waals surface area (Å²) in [6, 6.07) is 3.62. The number of benzene rings is 1. The van der Waals surface area contributed by atoms with Crippen molar-refractivity contribution in [2.45, 2.75) is 13.3 Å². The van der Waals surface area contributed by atoms with Crippen LogP contribution in [0.2, 0.25) is 5.02 Å². The second kappa shape index (κ2) is 7.22. The topological polar surface area (TPSA) is 82.3 Å². The quantitative estimate of drug-likeness (QED) is 0.857. The summed E-state index contributed by atoms with van der Waals surface area (Å²) in [5.41, 5.74) is 1.05. The molecule has 0 aliphatic heterocycles. The lowest BCUT2D eigenvalue weighted by Crippen LogP contribution is -2.23. The highest BCUT2D eigenvalue weighted by Gasteiger charge is 2.16.